The molecule has 0 bridgehead atoms. The summed E-state index contributed by atoms with van der Waals surface area (Å²) in [5, 5.41) is 4.92. The molecule has 3 amide bonds. The minimum Gasteiger partial charge on any atom is -0.323 e. The predicted molar refractivity (Wildman–Crippen MR) is 49.2 cm³/mol. The Hall–Kier alpha value is -1.06. The highest BCUT2D eigenvalue weighted by Gasteiger charge is 2.45. The van der Waals surface area contributed by atoms with Gasteiger partial charge in [-0.15, -0.1) is 0 Å². The van der Waals surface area contributed by atoms with Gasteiger partial charge in [0.1, 0.15) is 5.54 Å². The lowest BCUT2D eigenvalue weighted by atomic mass is 9.84. The van der Waals surface area contributed by atoms with Crippen LogP contribution in [0.4, 0.5) is 4.79 Å². The van der Waals surface area contributed by atoms with Crippen LogP contribution in [0.5, 0.6) is 0 Å². The van der Waals surface area contributed by atoms with Crippen molar-refractivity contribution in [2.24, 2.45) is 5.92 Å². The zero-order valence-electron chi connectivity index (χ0n) is 8.31. The summed E-state index contributed by atoms with van der Waals surface area (Å²) in [6.07, 6.45) is 1.95. The van der Waals surface area contributed by atoms with E-state index in [1.807, 2.05) is 6.92 Å². The first kappa shape index (κ1) is 10.0. The van der Waals surface area contributed by atoms with Gasteiger partial charge in [-0.2, -0.15) is 0 Å². The molecular formula is C9H16N2O2. The number of carbonyl (C=O) groups excluding carboxylic acids is 2. The van der Waals surface area contributed by atoms with Crippen molar-refractivity contribution in [1.29, 1.82) is 0 Å². The Morgan fingerprint density at radius 3 is 2.46 bits per heavy atom. The maximum atomic E-state index is 11.4. The Balaban J connectivity index is 2.75. The van der Waals surface area contributed by atoms with Gasteiger partial charge in [0.2, 0.25) is 0 Å². The highest BCUT2D eigenvalue weighted by molar-refractivity contribution is 6.06. The summed E-state index contributed by atoms with van der Waals surface area (Å²) in [6.45, 7) is 5.82. The Kier molecular flexibility index (Phi) is 2.59. The van der Waals surface area contributed by atoms with Gasteiger partial charge in [-0.05, 0) is 19.3 Å². The lowest BCUT2D eigenvalue weighted by molar-refractivity contribution is -0.125. The van der Waals surface area contributed by atoms with E-state index in [4.69, 9.17) is 0 Å². The van der Waals surface area contributed by atoms with E-state index in [1.165, 1.54) is 0 Å². The van der Waals surface area contributed by atoms with Crippen LogP contribution < -0.4 is 10.6 Å². The van der Waals surface area contributed by atoms with Crippen LogP contribution in [-0.4, -0.2) is 17.5 Å². The first-order valence-corrected chi connectivity index (χ1v) is 4.64. The molecule has 1 fully saturated rings. The maximum Gasteiger partial charge on any atom is 0.322 e. The highest BCUT2D eigenvalue weighted by Crippen LogP contribution is 2.24. The standard InChI is InChI=1S/C9H16N2O2/c1-4-5-6(2)9(3)7(12)10-8(13)11-9/h6H,4-5H2,1-3H3,(H2,10,11,12,13). The molecule has 4 nitrogen and oxygen atoms in total. The zero-order chi connectivity index (χ0) is 10.1. The number of hydrogen-bond acceptors (Lipinski definition) is 2. The fourth-order valence-corrected chi connectivity index (χ4v) is 1.63. The van der Waals surface area contributed by atoms with Gasteiger partial charge < -0.3 is 5.32 Å². The molecule has 4 heteroatoms. The summed E-state index contributed by atoms with van der Waals surface area (Å²) in [6, 6.07) is -0.379. The molecular weight excluding hydrogens is 168 g/mol. The van der Waals surface area contributed by atoms with Crippen LogP contribution in [0.15, 0.2) is 0 Å². The quantitative estimate of drug-likeness (QED) is 0.643. The SMILES string of the molecule is CCCC(C)C1(C)NC(=O)NC1=O. The van der Waals surface area contributed by atoms with E-state index < -0.39 is 5.54 Å². The molecule has 0 radical (unpaired) electrons. The smallest absolute Gasteiger partial charge is 0.322 e. The molecule has 1 rings (SSSR count). The van der Waals surface area contributed by atoms with Crippen LogP contribution in [-0.2, 0) is 4.79 Å². The zero-order valence-corrected chi connectivity index (χ0v) is 8.31. The van der Waals surface area contributed by atoms with Gasteiger partial charge in [0, 0.05) is 0 Å². The first-order valence-electron chi connectivity index (χ1n) is 4.64. The molecule has 1 heterocycles. The van der Waals surface area contributed by atoms with Crippen molar-refractivity contribution < 1.29 is 9.59 Å². The van der Waals surface area contributed by atoms with E-state index in [0.29, 0.717) is 0 Å². The second-order valence-corrected chi connectivity index (χ2v) is 3.80. The van der Waals surface area contributed by atoms with E-state index in [-0.39, 0.29) is 17.9 Å². The van der Waals surface area contributed by atoms with Gasteiger partial charge >= 0.3 is 6.03 Å². The fraction of sp³-hybridized carbons (Fsp3) is 0.778. The number of imide groups is 1. The van der Waals surface area contributed by atoms with Gasteiger partial charge in [-0.25, -0.2) is 4.79 Å². The number of carbonyl (C=O) groups is 2. The molecule has 0 aromatic carbocycles. The lowest BCUT2D eigenvalue weighted by Crippen LogP contribution is -2.49. The largest absolute Gasteiger partial charge is 0.323 e. The van der Waals surface area contributed by atoms with Crippen molar-refractivity contribution in [2.45, 2.75) is 39.2 Å². The van der Waals surface area contributed by atoms with Crippen molar-refractivity contribution in [1.82, 2.24) is 10.6 Å². The monoisotopic (exact) mass is 184 g/mol. The normalized spacial score (nSPS) is 29.8. The van der Waals surface area contributed by atoms with Crippen LogP contribution in [0.25, 0.3) is 0 Å². The lowest BCUT2D eigenvalue weighted by Gasteiger charge is -2.27. The number of amides is 3. The predicted octanol–water partition coefficient (Wildman–Crippen LogP) is 1.02. The second kappa shape index (κ2) is 3.36. The van der Waals surface area contributed by atoms with Crippen LogP contribution in [0, 0.1) is 5.92 Å². The molecule has 0 saturated carbocycles. The Labute approximate surface area is 78.1 Å². The molecule has 2 unspecified atom stereocenters. The topological polar surface area (TPSA) is 58.2 Å². The summed E-state index contributed by atoms with van der Waals surface area (Å²) in [5.74, 6) is -0.0394. The molecule has 1 saturated heterocycles. The third kappa shape index (κ3) is 1.66. The molecule has 74 valence electrons. The van der Waals surface area contributed by atoms with Crippen molar-refractivity contribution in [3.05, 3.63) is 0 Å². The van der Waals surface area contributed by atoms with Gasteiger partial charge in [0.05, 0.1) is 0 Å². The van der Waals surface area contributed by atoms with Crippen LogP contribution in [0.3, 0.4) is 0 Å². The summed E-state index contributed by atoms with van der Waals surface area (Å²) < 4.78 is 0. The molecule has 0 aromatic heterocycles. The van der Waals surface area contributed by atoms with Crippen LogP contribution in [0.2, 0.25) is 0 Å². The average molecular weight is 184 g/mol. The van der Waals surface area contributed by atoms with E-state index >= 15 is 0 Å². The van der Waals surface area contributed by atoms with E-state index in [0.717, 1.165) is 12.8 Å². The molecule has 2 atom stereocenters. The van der Waals surface area contributed by atoms with E-state index in [9.17, 15) is 9.59 Å². The van der Waals surface area contributed by atoms with Gasteiger partial charge in [0.15, 0.2) is 0 Å². The van der Waals surface area contributed by atoms with Gasteiger partial charge in [0.25, 0.3) is 5.91 Å². The number of hydrogen-bond donors (Lipinski definition) is 2. The van der Waals surface area contributed by atoms with E-state index in [2.05, 4.69) is 17.6 Å². The van der Waals surface area contributed by atoms with Crippen molar-refractivity contribution in [3.63, 3.8) is 0 Å². The summed E-state index contributed by atoms with van der Waals surface area (Å²) in [4.78, 5) is 22.4. The molecule has 0 aromatic rings. The Morgan fingerprint density at radius 1 is 1.46 bits per heavy atom. The van der Waals surface area contributed by atoms with Gasteiger partial charge in [-0.1, -0.05) is 20.3 Å². The van der Waals surface area contributed by atoms with Gasteiger partial charge in [-0.3, -0.25) is 10.1 Å². The van der Waals surface area contributed by atoms with Crippen LogP contribution in [0.1, 0.15) is 33.6 Å². The average Bonchev–Trinajstić information content (AvgIpc) is 2.28. The number of nitrogens with one attached hydrogen (secondary N) is 2. The van der Waals surface area contributed by atoms with Crippen molar-refractivity contribution in [2.75, 3.05) is 0 Å². The fourth-order valence-electron chi connectivity index (χ4n) is 1.63. The second-order valence-electron chi connectivity index (χ2n) is 3.80. The minimum absolute atomic E-state index is 0.170. The van der Waals surface area contributed by atoms with E-state index in [1.54, 1.807) is 6.92 Å². The Bertz CT molecular complexity index is 240. The summed E-state index contributed by atoms with van der Waals surface area (Å²) in [5.41, 5.74) is -0.715. The Morgan fingerprint density at radius 2 is 2.08 bits per heavy atom. The first-order chi connectivity index (χ1) is 6.00. The number of rotatable bonds is 3. The summed E-state index contributed by atoms with van der Waals surface area (Å²) >= 11 is 0. The summed E-state index contributed by atoms with van der Waals surface area (Å²) in [7, 11) is 0. The highest BCUT2D eigenvalue weighted by atomic mass is 16.2. The molecule has 1 aliphatic rings. The molecule has 2 N–H and O–H groups in total. The third-order valence-electron chi connectivity index (χ3n) is 2.78. The van der Waals surface area contributed by atoms with Crippen molar-refractivity contribution in [3.8, 4) is 0 Å². The number of urea groups is 1. The molecule has 1 aliphatic heterocycles. The third-order valence-corrected chi connectivity index (χ3v) is 2.78. The van der Waals surface area contributed by atoms with Crippen LogP contribution >= 0.6 is 0 Å². The minimum atomic E-state index is -0.715. The molecule has 0 spiro atoms. The maximum absolute atomic E-state index is 11.4. The molecule has 13 heavy (non-hydrogen) atoms. The molecule has 0 aliphatic carbocycles. The van der Waals surface area contributed by atoms with Crippen molar-refractivity contribution >= 4 is 11.9 Å².